The summed E-state index contributed by atoms with van der Waals surface area (Å²) in [7, 11) is 0. The maximum Gasteiger partial charge on any atom is 0.0545 e. The van der Waals surface area contributed by atoms with Gasteiger partial charge < -0.3 is 5.11 Å². The Balaban J connectivity index is 2.37. The van der Waals surface area contributed by atoms with E-state index in [0.29, 0.717) is 11.3 Å². The average molecular weight is 114 g/mol. The second-order valence-corrected chi connectivity index (χ2v) is 3.54. The number of rotatable bonds is 1. The van der Waals surface area contributed by atoms with Crippen molar-refractivity contribution in [2.24, 2.45) is 11.3 Å². The molecule has 0 aromatic carbocycles. The van der Waals surface area contributed by atoms with Crippen molar-refractivity contribution in [3.63, 3.8) is 0 Å². The topological polar surface area (TPSA) is 20.2 Å². The molecule has 1 unspecified atom stereocenters. The van der Waals surface area contributed by atoms with Crippen LogP contribution in [0, 0.1) is 11.3 Å². The monoisotopic (exact) mass is 114 g/mol. The molecule has 1 fully saturated rings. The van der Waals surface area contributed by atoms with Crippen molar-refractivity contribution in [2.45, 2.75) is 33.3 Å². The van der Waals surface area contributed by atoms with Crippen molar-refractivity contribution < 1.29 is 5.11 Å². The second kappa shape index (κ2) is 1.47. The first-order valence-electron chi connectivity index (χ1n) is 3.22. The van der Waals surface area contributed by atoms with Crippen LogP contribution in [-0.2, 0) is 0 Å². The lowest BCUT2D eigenvalue weighted by Crippen LogP contribution is -2.06. The second-order valence-electron chi connectivity index (χ2n) is 3.54. The molecule has 1 N–H and O–H groups in total. The summed E-state index contributed by atoms with van der Waals surface area (Å²) in [5, 5.41) is 9.03. The highest BCUT2D eigenvalue weighted by Crippen LogP contribution is 2.53. The summed E-state index contributed by atoms with van der Waals surface area (Å²) < 4.78 is 0. The highest BCUT2D eigenvalue weighted by atomic mass is 16.3. The minimum absolute atomic E-state index is 0.0926. The third-order valence-electron chi connectivity index (χ3n) is 2.17. The molecule has 0 radical (unpaired) electrons. The third kappa shape index (κ3) is 0.873. The van der Waals surface area contributed by atoms with E-state index in [0.717, 1.165) is 0 Å². The summed E-state index contributed by atoms with van der Waals surface area (Å²) in [6.45, 7) is 6.27. The van der Waals surface area contributed by atoms with E-state index in [1.54, 1.807) is 0 Å². The Kier molecular flexibility index (Phi) is 1.12. The average Bonchev–Trinajstić information content (AvgIpc) is 2.13. The van der Waals surface area contributed by atoms with E-state index in [1.807, 2.05) is 6.92 Å². The molecule has 0 saturated heterocycles. The molecule has 1 aliphatic rings. The molecule has 0 aromatic rings. The molecule has 0 heterocycles. The van der Waals surface area contributed by atoms with E-state index in [-0.39, 0.29) is 6.10 Å². The maximum absolute atomic E-state index is 9.03. The molecule has 0 aromatic heterocycles. The van der Waals surface area contributed by atoms with Crippen LogP contribution in [0.2, 0.25) is 0 Å². The van der Waals surface area contributed by atoms with Crippen LogP contribution in [-0.4, -0.2) is 11.2 Å². The lowest BCUT2D eigenvalue weighted by atomic mass is 10.1. The van der Waals surface area contributed by atoms with Gasteiger partial charge >= 0.3 is 0 Å². The van der Waals surface area contributed by atoms with Crippen LogP contribution in [0.1, 0.15) is 27.2 Å². The standard InChI is InChI=1S/C7H14O/c1-5(8)6-4-7(6,2)3/h5-6,8H,4H2,1-3H3/t5-,6?/m1/s1. The molecule has 0 amide bonds. The third-order valence-corrected chi connectivity index (χ3v) is 2.17. The number of aliphatic hydroxyl groups excluding tert-OH is 1. The maximum atomic E-state index is 9.03. The fraction of sp³-hybridized carbons (Fsp3) is 1.00. The largest absolute Gasteiger partial charge is 0.393 e. The highest BCUT2D eigenvalue weighted by molar-refractivity contribution is 4.97. The van der Waals surface area contributed by atoms with Gasteiger partial charge in [0, 0.05) is 0 Å². The summed E-state index contributed by atoms with van der Waals surface area (Å²) in [6, 6.07) is 0. The molecule has 1 heteroatoms. The predicted molar refractivity (Wildman–Crippen MR) is 33.6 cm³/mol. The molecule has 48 valence electrons. The summed E-state index contributed by atoms with van der Waals surface area (Å²) in [6.07, 6.45) is 1.11. The smallest absolute Gasteiger partial charge is 0.0545 e. The lowest BCUT2D eigenvalue weighted by molar-refractivity contribution is 0.155. The molecular weight excluding hydrogens is 100 g/mol. The van der Waals surface area contributed by atoms with E-state index in [4.69, 9.17) is 5.11 Å². The minimum atomic E-state index is -0.0926. The normalized spacial score (nSPS) is 36.8. The minimum Gasteiger partial charge on any atom is -0.393 e. The Labute approximate surface area is 50.7 Å². The van der Waals surface area contributed by atoms with Gasteiger partial charge in [-0.3, -0.25) is 0 Å². The molecule has 1 rings (SSSR count). The van der Waals surface area contributed by atoms with Crippen LogP contribution < -0.4 is 0 Å². The fourth-order valence-electron chi connectivity index (χ4n) is 1.33. The summed E-state index contributed by atoms with van der Waals surface area (Å²) in [5.74, 6) is 0.572. The lowest BCUT2D eigenvalue weighted by Gasteiger charge is -2.03. The van der Waals surface area contributed by atoms with Crippen molar-refractivity contribution >= 4 is 0 Å². The summed E-state index contributed by atoms with van der Waals surface area (Å²) in [5.41, 5.74) is 0.439. The molecule has 1 aliphatic carbocycles. The van der Waals surface area contributed by atoms with E-state index in [9.17, 15) is 0 Å². The number of hydrogen-bond acceptors (Lipinski definition) is 1. The first-order chi connectivity index (χ1) is 3.54. The Morgan fingerprint density at radius 1 is 1.62 bits per heavy atom. The SMILES string of the molecule is C[C@@H](O)C1CC1(C)C. The molecule has 0 bridgehead atoms. The molecular formula is C7H14O. The van der Waals surface area contributed by atoms with Gasteiger partial charge in [-0.05, 0) is 24.7 Å². The zero-order valence-corrected chi connectivity index (χ0v) is 5.81. The molecule has 0 aliphatic heterocycles. The Morgan fingerprint density at radius 2 is 2.00 bits per heavy atom. The number of aliphatic hydroxyl groups is 1. The van der Waals surface area contributed by atoms with Crippen LogP contribution in [0.3, 0.4) is 0 Å². The molecule has 0 spiro atoms. The predicted octanol–water partition coefficient (Wildman–Crippen LogP) is 1.41. The summed E-state index contributed by atoms with van der Waals surface area (Å²) >= 11 is 0. The van der Waals surface area contributed by atoms with E-state index < -0.39 is 0 Å². The van der Waals surface area contributed by atoms with E-state index >= 15 is 0 Å². The Morgan fingerprint density at radius 3 is 2.00 bits per heavy atom. The van der Waals surface area contributed by atoms with Crippen LogP contribution >= 0.6 is 0 Å². The zero-order chi connectivity index (χ0) is 6.36. The van der Waals surface area contributed by atoms with Gasteiger partial charge in [-0.15, -0.1) is 0 Å². The van der Waals surface area contributed by atoms with Crippen molar-refractivity contribution in [2.75, 3.05) is 0 Å². The van der Waals surface area contributed by atoms with Gasteiger partial charge in [-0.2, -0.15) is 0 Å². The van der Waals surface area contributed by atoms with E-state index in [1.165, 1.54) is 6.42 Å². The molecule has 1 nitrogen and oxygen atoms in total. The quantitative estimate of drug-likeness (QED) is 0.546. The zero-order valence-electron chi connectivity index (χ0n) is 5.81. The summed E-state index contributed by atoms with van der Waals surface area (Å²) in [4.78, 5) is 0. The number of hydrogen-bond donors (Lipinski definition) is 1. The first-order valence-corrected chi connectivity index (χ1v) is 3.22. The van der Waals surface area contributed by atoms with Crippen molar-refractivity contribution in [3.05, 3.63) is 0 Å². The van der Waals surface area contributed by atoms with Crippen LogP contribution in [0.5, 0.6) is 0 Å². The van der Waals surface area contributed by atoms with Gasteiger partial charge in [0.1, 0.15) is 0 Å². The molecule has 8 heavy (non-hydrogen) atoms. The Bertz CT molecular complexity index is 94.6. The van der Waals surface area contributed by atoms with Crippen LogP contribution in [0.4, 0.5) is 0 Å². The fourth-order valence-corrected chi connectivity index (χ4v) is 1.33. The molecule has 2 atom stereocenters. The van der Waals surface area contributed by atoms with Gasteiger partial charge in [-0.25, -0.2) is 0 Å². The van der Waals surface area contributed by atoms with Crippen molar-refractivity contribution in [1.82, 2.24) is 0 Å². The van der Waals surface area contributed by atoms with Crippen LogP contribution in [0.25, 0.3) is 0 Å². The highest BCUT2D eigenvalue weighted by Gasteiger charge is 2.48. The van der Waals surface area contributed by atoms with Gasteiger partial charge in [0.25, 0.3) is 0 Å². The van der Waals surface area contributed by atoms with Gasteiger partial charge in [0.15, 0.2) is 0 Å². The Hall–Kier alpha value is -0.0400. The van der Waals surface area contributed by atoms with Gasteiger partial charge in [0.05, 0.1) is 6.10 Å². The first kappa shape index (κ1) is 6.09. The van der Waals surface area contributed by atoms with Gasteiger partial charge in [-0.1, -0.05) is 13.8 Å². The van der Waals surface area contributed by atoms with Crippen molar-refractivity contribution in [1.29, 1.82) is 0 Å². The van der Waals surface area contributed by atoms with Gasteiger partial charge in [0.2, 0.25) is 0 Å². The van der Waals surface area contributed by atoms with E-state index in [2.05, 4.69) is 13.8 Å². The van der Waals surface area contributed by atoms with Crippen molar-refractivity contribution in [3.8, 4) is 0 Å². The van der Waals surface area contributed by atoms with Crippen LogP contribution in [0.15, 0.2) is 0 Å². The molecule has 1 saturated carbocycles.